The summed E-state index contributed by atoms with van der Waals surface area (Å²) >= 11 is 0. The van der Waals surface area contributed by atoms with Gasteiger partial charge in [0.1, 0.15) is 0 Å². The number of nitrogens with one attached hydrogen (secondary N) is 3. The van der Waals surface area contributed by atoms with E-state index >= 15 is 0 Å². The van der Waals surface area contributed by atoms with E-state index in [0.29, 0.717) is 34.6 Å². The summed E-state index contributed by atoms with van der Waals surface area (Å²) in [6, 6.07) is 12.9. The normalized spacial score (nSPS) is 15.6. The highest BCUT2D eigenvalue weighted by Crippen LogP contribution is 2.45. The Hall–Kier alpha value is -3.24. The molecule has 0 bridgehead atoms. The fourth-order valence-corrected chi connectivity index (χ4v) is 4.71. The van der Waals surface area contributed by atoms with Gasteiger partial charge >= 0.3 is 0 Å². The van der Waals surface area contributed by atoms with Crippen LogP contribution in [0.4, 0.5) is 11.4 Å². The summed E-state index contributed by atoms with van der Waals surface area (Å²) in [6.07, 6.45) is 2.58. The lowest BCUT2D eigenvalue weighted by molar-refractivity contribution is -0.120. The number of aromatic nitrogens is 2. The number of carbonyl (C=O) groups excluding carboxylic acids is 1. The summed E-state index contributed by atoms with van der Waals surface area (Å²) < 4.78 is 33.9. The number of sulfonamides is 1. The zero-order valence-electron chi connectivity index (χ0n) is 20.3. The van der Waals surface area contributed by atoms with Gasteiger partial charge in [-0.2, -0.15) is 4.98 Å². The molecule has 3 N–H and O–H groups in total. The number of rotatable bonds is 10. The van der Waals surface area contributed by atoms with Crippen molar-refractivity contribution in [3.05, 3.63) is 54.4 Å². The minimum atomic E-state index is -3.84. The highest BCUT2D eigenvalue weighted by Gasteiger charge is 2.44. The van der Waals surface area contributed by atoms with Crippen molar-refractivity contribution in [1.29, 1.82) is 0 Å². The van der Waals surface area contributed by atoms with Crippen molar-refractivity contribution in [2.45, 2.75) is 51.0 Å². The molecular formula is C25H31N5O4S. The summed E-state index contributed by atoms with van der Waals surface area (Å²) in [4.78, 5) is 16.9. The molecule has 2 aromatic carbocycles. The van der Waals surface area contributed by atoms with E-state index in [0.717, 1.165) is 19.3 Å². The van der Waals surface area contributed by atoms with Gasteiger partial charge in [-0.1, -0.05) is 32.0 Å². The van der Waals surface area contributed by atoms with E-state index in [1.165, 1.54) is 12.1 Å². The molecule has 0 aliphatic heterocycles. The van der Waals surface area contributed by atoms with Crippen molar-refractivity contribution >= 4 is 27.3 Å². The minimum absolute atomic E-state index is 0.0483. The molecule has 186 valence electrons. The van der Waals surface area contributed by atoms with Gasteiger partial charge in [0.25, 0.3) is 10.0 Å². The Kier molecular flexibility index (Phi) is 6.95. The van der Waals surface area contributed by atoms with Crippen LogP contribution < -0.4 is 15.4 Å². The molecule has 3 aromatic rings. The van der Waals surface area contributed by atoms with Gasteiger partial charge in [0, 0.05) is 16.7 Å². The zero-order chi connectivity index (χ0) is 25.2. The molecule has 1 aromatic heterocycles. The van der Waals surface area contributed by atoms with Gasteiger partial charge in [0.2, 0.25) is 17.6 Å². The maximum atomic E-state index is 12.9. The Balaban J connectivity index is 1.45. The van der Waals surface area contributed by atoms with Crippen LogP contribution >= 0.6 is 0 Å². The summed E-state index contributed by atoms with van der Waals surface area (Å²) in [7, 11) is -1.99. The van der Waals surface area contributed by atoms with Crippen molar-refractivity contribution in [3.8, 4) is 11.4 Å². The second-order valence-corrected chi connectivity index (χ2v) is 11.3. The van der Waals surface area contributed by atoms with Gasteiger partial charge < -0.3 is 15.2 Å². The third kappa shape index (κ3) is 5.88. The van der Waals surface area contributed by atoms with Crippen molar-refractivity contribution in [2.24, 2.45) is 11.3 Å². The summed E-state index contributed by atoms with van der Waals surface area (Å²) in [5, 5.41) is 10.1. The van der Waals surface area contributed by atoms with Gasteiger partial charge in [-0.25, -0.2) is 8.42 Å². The largest absolute Gasteiger partial charge is 0.337 e. The molecule has 1 amide bonds. The van der Waals surface area contributed by atoms with Gasteiger partial charge in [-0.3, -0.25) is 9.52 Å². The molecule has 0 saturated heterocycles. The smallest absolute Gasteiger partial charge is 0.261 e. The molecule has 1 aliphatic rings. The quantitative estimate of drug-likeness (QED) is 0.374. The predicted molar refractivity (Wildman–Crippen MR) is 134 cm³/mol. The number of hydrogen-bond acceptors (Lipinski definition) is 7. The van der Waals surface area contributed by atoms with Crippen LogP contribution in [0.2, 0.25) is 0 Å². The molecule has 1 atom stereocenters. The number of anilines is 2. The summed E-state index contributed by atoms with van der Waals surface area (Å²) in [5.74, 6) is 1.30. The standard InChI is InChI=1S/C25H31N5O4S/c1-16(2)14-21(26-4)23-28-22(29-34-23)17-8-10-20(11-9-17)35(32,33)30-19-7-5-6-18(15-19)27-24(31)25(3)12-13-25/h5-11,15-16,21,26,30H,12-14H2,1-4H3,(H,27,31). The van der Waals surface area contributed by atoms with E-state index in [4.69, 9.17) is 4.52 Å². The number of hydrogen-bond donors (Lipinski definition) is 3. The fraction of sp³-hybridized carbons (Fsp3) is 0.400. The number of nitrogens with zero attached hydrogens (tertiary/aromatic N) is 2. The van der Waals surface area contributed by atoms with E-state index in [1.807, 2.05) is 14.0 Å². The van der Waals surface area contributed by atoms with Crippen molar-refractivity contribution in [3.63, 3.8) is 0 Å². The molecule has 0 radical (unpaired) electrons. The monoisotopic (exact) mass is 497 g/mol. The molecule has 1 saturated carbocycles. The highest BCUT2D eigenvalue weighted by atomic mass is 32.2. The van der Waals surface area contributed by atoms with Crippen LogP contribution in [0.15, 0.2) is 57.9 Å². The first-order valence-electron chi connectivity index (χ1n) is 11.7. The Labute approximate surface area is 205 Å². The Bertz CT molecular complexity index is 1300. The maximum Gasteiger partial charge on any atom is 0.261 e. The molecule has 1 fully saturated rings. The van der Waals surface area contributed by atoms with Crippen LogP contribution in [0, 0.1) is 11.3 Å². The molecule has 1 unspecified atom stereocenters. The van der Waals surface area contributed by atoms with Gasteiger partial charge in [-0.15, -0.1) is 0 Å². The molecule has 4 rings (SSSR count). The maximum absolute atomic E-state index is 12.9. The summed E-state index contributed by atoms with van der Waals surface area (Å²) in [5.41, 5.74) is 1.23. The van der Waals surface area contributed by atoms with Crippen LogP contribution in [0.3, 0.4) is 0 Å². The minimum Gasteiger partial charge on any atom is -0.337 e. The lowest BCUT2D eigenvalue weighted by Gasteiger charge is -2.13. The highest BCUT2D eigenvalue weighted by molar-refractivity contribution is 7.92. The first-order chi connectivity index (χ1) is 16.6. The van der Waals surface area contributed by atoms with Gasteiger partial charge in [0.15, 0.2) is 0 Å². The van der Waals surface area contributed by atoms with E-state index in [9.17, 15) is 13.2 Å². The van der Waals surface area contributed by atoms with Crippen LogP contribution in [0.1, 0.15) is 52.0 Å². The molecule has 9 nitrogen and oxygen atoms in total. The molecule has 1 aliphatic carbocycles. The lowest BCUT2D eigenvalue weighted by atomic mass is 10.0. The average molecular weight is 498 g/mol. The number of carbonyl (C=O) groups is 1. The first kappa shape index (κ1) is 24.9. The van der Waals surface area contributed by atoms with Crippen molar-refractivity contribution in [2.75, 3.05) is 17.1 Å². The summed E-state index contributed by atoms with van der Waals surface area (Å²) in [6.45, 7) is 6.16. The van der Waals surface area contributed by atoms with Crippen LogP contribution in [-0.2, 0) is 14.8 Å². The van der Waals surface area contributed by atoms with E-state index in [1.54, 1.807) is 36.4 Å². The fourth-order valence-electron chi connectivity index (χ4n) is 3.66. The Morgan fingerprint density at radius 1 is 1.11 bits per heavy atom. The zero-order valence-corrected chi connectivity index (χ0v) is 21.1. The van der Waals surface area contributed by atoms with E-state index in [-0.39, 0.29) is 22.3 Å². The Morgan fingerprint density at radius 2 is 1.80 bits per heavy atom. The third-order valence-electron chi connectivity index (χ3n) is 6.14. The first-order valence-corrected chi connectivity index (χ1v) is 13.1. The van der Waals surface area contributed by atoms with E-state index < -0.39 is 10.0 Å². The second-order valence-electron chi connectivity index (χ2n) is 9.65. The molecular weight excluding hydrogens is 466 g/mol. The molecule has 10 heteroatoms. The second kappa shape index (κ2) is 9.79. The van der Waals surface area contributed by atoms with E-state index in [2.05, 4.69) is 39.3 Å². The SMILES string of the molecule is CNC(CC(C)C)c1nc(-c2ccc(S(=O)(=O)Nc3cccc(NC(=O)C4(C)CC4)c3)cc2)no1. The van der Waals surface area contributed by atoms with Crippen molar-refractivity contribution < 1.29 is 17.7 Å². The number of benzene rings is 2. The van der Waals surface area contributed by atoms with Gasteiger partial charge in [-0.05, 0) is 74.7 Å². The van der Waals surface area contributed by atoms with Gasteiger partial charge in [0.05, 0.1) is 16.6 Å². The van der Waals surface area contributed by atoms with Crippen LogP contribution in [0.25, 0.3) is 11.4 Å². The average Bonchev–Trinajstić information content (AvgIpc) is 3.38. The van der Waals surface area contributed by atoms with Crippen LogP contribution in [0.5, 0.6) is 0 Å². The number of amides is 1. The predicted octanol–water partition coefficient (Wildman–Crippen LogP) is 4.58. The third-order valence-corrected chi connectivity index (χ3v) is 7.54. The lowest BCUT2D eigenvalue weighted by Crippen LogP contribution is -2.21. The van der Waals surface area contributed by atoms with Crippen LogP contribution in [-0.4, -0.2) is 31.5 Å². The molecule has 1 heterocycles. The molecule has 35 heavy (non-hydrogen) atoms. The topological polar surface area (TPSA) is 126 Å². The Morgan fingerprint density at radius 3 is 2.43 bits per heavy atom. The van der Waals surface area contributed by atoms with Crippen molar-refractivity contribution in [1.82, 2.24) is 15.5 Å². The molecule has 0 spiro atoms.